The molecule has 2 rings (SSSR count). The van der Waals surface area contributed by atoms with Gasteiger partial charge in [-0.25, -0.2) is 9.59 Å². The Morgan fingerprint density at radius 2 is 1.42 bits per heavy atom. The van der Waals surface area contributed by atoms with Gasteiger partial charge in [0.2, 0.25) is 0 Å². The highest BCUT2D eigenvalue weighted by molar-refractivity contribution is 6.03. The lowest BCUT2D eigenvalue weighted by Gasteiger charge is -2.17. The van der Waals surface area contributed by atoms with Crippen LogP contribution < -0.4 is 10.6 Å². The molecule has 0 aromatic heterocycles. The summed E-state index contributed by atoms with van der Waals surface area (Å²) in [5.74, 6) is -6.65. The van der Waals surface area contributed by atoms with Gasteiger partial charge in [0.1, 0.15) is 12.3 Å². The summed E-state index contributed by atoms with van der Waals surface area (Å²) in [5.41, 5.74) is -1.25. The molecule has 0 aliphatic rings. The quantitative estimate of drug-likeness (QED) is 0.181. The van der Waals surface area contributed by atoms with Crippen LogP contribution in [0.1, 0.15) is 20.7 Å². The van der Waals surface area contributed by atoms with Crippen LogP contribution in [0.2, 0.25) is 0 Å². The second-order valence-electron chi connectivity index (χ2n) is 6.43. The van der Waals surface area contributed by atoms with Crippen molar-refractivity contribution in [1.29, 1.82) is 0 Å². The number of nitrogens with one attached hydrogen (secondary N) is 2. The molecule has 0 spiro atoms. The van der Waals surface area contributed by atoms with Gasteiger partial charge in [0.15, 0.2) is 29.0 Å². The number of methoxy groups -OCH3 is 1. The van der Waals surface area contributed by atoms with Crippen molar-refractivity contribution in [3.63, 3.8) is 0 Å². The summed E-state index contributed by atoms with van der Waals surface area (Å²) >= 11 is 0. The first-order valence-corrected chi connectivity index (χ1v) is 9.14. The zero-order valence-electron chi connectivity index (χ0n) is 17.2. The molecule has 0 heterocycles. The van der Waals surface area contributed by atoms with Gasteiger partial charge in [-0.3, -0.25) is 9.59 Å². The molecule has 0 saturated carbocycles. The average molecular weight is 460 g/mol. The van der Waals surface area contributed by atoms with Gasteiger partial charge in [-0.15, -0.1) is 0 Å². The second kappa shape index (κ2) is 10.5. The van der Waals surface area contributed by atoms with Crippen LogP contribution in [-0.2, 0) is 19.1 Å². The summed E-state index contributed by atoms with van der Waals surface area (Å²) in [5, 5.41) is 42.7. The lowest BCUT2D eigenvalue weighted by Crippen LogP contribution is -2.45. The van der Waals surface area contributed by atoms with E-state index in [0.717, 1.165) is 19.2 Å². The molecular weight excluding hydrogens is 440 g/mol. The van der Waals surface area contributed by atoms with Crippen molar-refractivity contribution in [2.45, 2.75) is 6.04 Å². The zero-order chi connectivity index (χ0) is 24.7. The van der Waals surface area contributed by atoms with Crippen molar-refractivity contribution in [1.82, 2.24) is 10.6 Å². The van der Waals surface area contributed by atoms with Crippen molar-refractivity contribution in [3.05, 3.63) is 59.8 Å². The zero-order valence-corrected chi connectivity index (χ0v) is 17.2. The summed E-state index contributed by atoms with van der Waals surface area (Å²) in [4.78, 5) is 48.6. The van der Waals surface area contributed by atoms with E-state index < -0.39 is 65.1 Å². The summed E-state index contributed by atoms with van der Waals surface area (Å²) < 4.78 is 9.42. The van der Waals surface area contributed by atoms with E-state index in [-0.39, 0.29) is 11.1 Å². The van der Waals surface area contributed by atoms with Crippen LogP contribution in [0.15, 0.2) is 48.7 Å². The normalized spacial score (nSPS) is 11.1. The highest BCUT2D eigenvalue weighted by Gasteiger charge is 2.27. The fraction of sp³-hybridized carbons (Fsp3) is 0.143. The minimum Gasteiger partial charge on any atom is -0.504 e. The molecule has 2 aromatic rings. The highest BCUT2D eigenvalue weighted by Crippen LogP contribution is 2.29. The molecule has 1 atom stereocenters. The molecule has 0 fully saturated rings. The molecule has 0 aliphatic heterocycles. The van der Waals surface area contributed by atoms with Gasteiger partial charge in [0, 0.05) is 0 Å². The molecular formula is C21H20N2O10. The van der Waals surface area contributed by atoms with Crippen LogP contribution in [0.3, 0.4) is 0 Å². The molecule has 2 amide bonds. The van der Waals surface area contributed by atoms with Crippen LogP contribution in [0.4, 0.5) is 0 Å². The lowest BCUT2D eigenvalue weighted by atomic mass is 10.1. The van der Waals surface area contributed by atoms with Crippen LogP contribution in [0.25, 0.3) is 0 Å². The number of phenolic OH excluding ortho intramolecular Hbond substituents is 4. The summed E-state index contributed by atoms with van der Waals surface area (Å²) in [6, 6.07) is 5.72. The molecule has 12 nitrogen and oxygen atoms in total. The molecule has 2 aromatic carbocycles. The van der Waals surface area contributed by atoms with Crippen LogP contribution in [-0.4, -0.2) is 63.9 Å². The third-order valence-corrected chi connectivity index (χ3v) is 4.20. The fourth-order valence-electron chi connectivity index (χ4n) is 2.48. The van der Waals surface area contributed by atoms with Gasteiger partial charge in [0.05, 0.1) is 18.2 Å². The Morgan fingerprint density at radius 3 is 1.94 bits per heavy atom. The van der Waals surface area contributed by atoms with E-state index in [4.69, 9.17) is 4.74 Å². The number of carbonyl (C=O) groups excluding carboxylic acids is 4. The lowest BCUT2D eigenvalue weighted by molar-refractivity contribution is -0.148. The molecule has 12 heteroatoms. The van der Waals surface area contributed by atoms with Crippen molar-refractivity contribution in [2.75, 3.05) is 13.7 Å². The predicted octanol–water partition coefficient (Wildman–Crippen LogP) is 0.267. The number of rotatable bonds is 8. The SMILES string of the molecule is C=C(NC(=O)c1cccc(O)c1O)C(=O)OC[C@H](NC(=O)c1cccc(O)c1O)C(=O)OC. The maximum absolute atomic E-state index is 12.3. The minimum absolute atomic E-state index is 0.338. The summed E-state index contributed by atoms with van der Waals surface area (Å²) in [6.07, 6.45) is 0. The number of hydrogen-bond acceptors (Lipinski definition) is 10. The van der Waals surface area contributed by atoms with Crippen LogP contribution >= 0.6 is 0 Å². The number of aromatic hydroxyl groups is 4. The maximum atomic E-state index is 12.3. The Bertz CT molecular complexity index is 1110. The molecule has 174 valence electrons. The van der Waals surface area contributed by atoms with Crippen molar-refractivity contribution in [3.8, 4) is 23.0 Å². The monoisotopic (exact) mass is 460 g/mol. The molecule has 0 radical (unpaired) electrons. The third kappa shape index (κ3) is 5.91. The highest BCUT2D eigenvalue weighted by atomic mass is 16.5. The number of amides is 2. The summed E-state index contributed by atoms with van der Waals surface area (Å²) in [6.45, 7) is 2.60. The van der Waals surface area contributed by atoms with Crippen LogP contribution in [0, 0.1) is 0 Å². The molecule has 6 N–H and O–H groups in total. The van der Waals surface area contributed by atoms with Gasteiger partial charge in [0.25, 0.3) is 11.8 Å². The Labute approximate surface area is 186 Å². The predicted molar refractivity (Wildman–Crippen MR) is 110 cm³/mol. The van der Waals surface area contributed by atoms with Crippen LogP contribution in [0.5, 0.6) is 23.0 Å². The Balaban J connectivity index is 2.02. The molecule has 33 heavy (non-hydrogen) atoms. The Morgan fingerprint density at radius 1 is 0.909 bits per heavy atom. The second-order valence-corrected chi connectivity index (χ2v) is 6.43. The number of benzene rings is 2. The Kier molecular flexibility index (Phi) is 7.82. The largest absolute Gasteiger partial charge is 0.504 e. The fourth-order valence-corrected chi connectivity index (χ4v) is 2.48. The van der Waals surface area contributed by atoms with Crippen molar-refractivity contribution < 1.29 is 49.1 Å². The number of phenols is 4. The maximum Gasteiger partial charge on any atom is 0.354 e. The number of hydrogen-bond donors (Lipinski definition) is 6. The third-order valence-electron chi connectivity index (χ3n) is 4.20. The van der Waals surface area contributed by atoms with Gasteiger partial charge in [-0.1, -0.05) is 18.7 Å². The van der Waals surface area contributed by atoms with E-state index in [2.05, 4.69) is 21.9 Å². The molecule has 0 aliphatic carbocycles. The Hall–Kier alpha value is -4.74. The van der Waals surface area contributed by atoms with Gasteiger partial charge in [-0.2, -0.15) is 0 Å². The minimum atomic E-state index is -1.51. The van der Waals surface area contributed by atoms with E-state index in [0.29, 0.717) is 0 Å². The number of para-hydroxylation sites is 2. The molecule has 0 unspecified atom stereocenters. The molecule has 0 bridgehead atoms. The van der Waals surface area contributed by atoms with E-state index in [1.165, 1.54) is 24.3 Å². The van der Waals surface area contributed by atoms with E-state index in [1.54, 1.807) is 0 Å². The summed E-state index contributed by atoms with van der Waals surface area (Å²) in [7, 11) is 1.02. The van der Waals surface area contributed by atoms with Gasteiger partial charge < -0.3 is 40.5 Å². The molecule has 0 saturated heterocycles. The van der Waals surface area contributed by atoms with E-state index in [1.807, 2.05) is 0 Å². The average Bonchev–Trinajstić information content (AvgIpc) is 2.79. The topological polar surface area (TPSA) is 192 Å². The van der Waals surface area contributed by atoms with Gasteiger partial charge in [-0.05, 0) is 24.3 Å². The first-order chi connectivity index (χ1) is 15.6. The van der Waals surface area contributed by atoms with E-state index >= 15 is 0 Å². The van der Waals surface area contributed by atoms with E-state index in [9.17, 15) is 39.6 Å². The first kappa shape index (κ1) is 24.5. The smallest absolute Gasteiger partial charge is 0.354 e. The number of ether oxygens (including phenoxy) is 2. The van der Waals surface area contributed by atoms with Gasteiger partial charge >= 0.3 is 11.9 Å². The van der Waals surface area contributed by atoms with Crippen molar-refractivity contribution >= 4 is 23.8 Å². The number of carbonyl (C=O) groups is 4. The first-order valence-electron chi connectivity index (χ1n) is 9.14. The standard InChI is InChI=1S/C21H20N2O10/c1-10(22-18(28)11-5-3-7-14(24)16(11)26)20(30)33-9-13(21(31)32-2)23-19(29)12-6-4-8-15(25)17(12)27/h3-8,13,24-27H,1,9H2,2H3,(H,22,28)(H,23,29)/t13-/m0/s1. The van der Waals surface area contributed by atoms with Crippen molar-refractivity contribution in [2.24, 2.45) is 0 Å². The number of esters is 2.